The molecule has 1 N–H and O–H groups in total. The van der Waals surface area contributed by atoms with E-state index < -0.39 is 0 Å². The summed E-state index contributed by atoms with van der Waals surface area (Å²) in [4.78, 5) is 1.20. The minimum absolute atomic E-state index is 0.369. The summed E-state index contributed by atoms with van der Waals surface area (Å²) in [7, 11) is 2.02. The highest BCUT2D eigenvalue weighted by atomic mass is 35.5. The van der Waals surface area contributed by atoms with Crippen molar-refractivity contribution in [3.8, 4) is 0 Å². The maximum absolute atomic E-state index is 6.30. The van der Waals surface area contributed by atoms with Crippen LogP contribution in [0.3, 0.4) is 0 Å². The number of benzene rings is 1. The molecule has 0 radical (unpaired) electrons. The molecule has 0 aromatic heterocycles. The molecule has 0 amide bonds. The monoisotopic (exact) mass is 255 g/mol. The second-order valence-electron chi connectivity index (χ2n) is 4.39. The molecular formula is C13H18ClNS. The van der Waals surface area contributed by atoms with Crippen molar-refractivity contribution >= 4 is 23.4 Å². The number of hydrogen-bond donors (Lipinski definition) is 1. The summed E-state index contributed by atoms with van der Waals surface area (Å²) >= 11 is 8.11. The molecule has 2 rings (SSSR count). The second-order valence-corrected chi connectivity index (χ2v) is 6.10. The molecule has 3 heteroatoms. The van der Waals surface area contributed by atoms with Gasteiger partial charge in [0.2, 0.25) is 0 Å². The van der Waals surface area contributed by atoms with Crippen molar-refractivity contribution in [1.82, 2.24) is 5.32 Å². The molecule has 1 saturated carbocycles. The summed E-state index contributed by atoms with van der Waals surface area (Å²) in [6, 6.07) is 6.57. The molecule has 0 unspecified atom stereocenters. The quantitative estimate of drug-likeness (QED) is 0.806. The summed E-state index contributed by atoms with van der Waals surface area (Å²) in [6.45, 7) is 3.21. The third kappa shape index (κ3) is 2.39. The highest BCUT2D eigenvalue weighted by molar-refractivity contribution is 7.99. The van der Waals surface area contributed by atoms with Crippen molar-refractivity contribution in [1.29, 1.82) is 0 Å². The molecule has 1 fully saturated rings. The van der Waals surface area contributed by atoms with E-state index in [1.54, 1.807) is 0 Å². The zero-order valence-corrected chi connectivity index (χ0v) is 11.4. The normalized spacial score (nSPS) is 17.4. The molecule has 16 heavy (non-hydrogen) atoms. The molecule has 88 valence electrons. The van der Waals surface area contributed by atoms with Crippen LogP contribution in [0.2, 0.25) is 5.02 Å². The molecule has 1 aromatic carbocycles. The zero-order valence-electron chi connectivity index (χ0n) is 9.85. The Morgan fingerprint density at radius 1 is 1.44 bits per heavy atom. The number of likely N-dealkylation sites (N-methyl/N-ethyl adjacent to an activating group) is 1. The molecule has 0 atom stereocenters. The van der Waals surface area contributed by atoms with Gasteiger partial charge in [-0.3, -0.25) is 0 Å². The van der Waals surface area contributed by atoms with Crippen molar-refractivity contribution < 1.29 is 0 Å². The summed E-state index contributed by atoms with van der Waals surface area (Å²) in [6.07, 6.45) is 2.56. The third-order valence-electron chi connectivity index (χ3n) is 3.21. The van der Waals surface area contributed by atoms with Gasteiger partial charge < -0.3 is 5.32 Å². The SMILES string of the molecule is CCSc1ccc(C2(CNC)CC2)cc1Cl. The maximum Gasteiger partial charge on any atom is 0.0544 e. The minimum Gasteiger partial charge on any atom is -0.319 e. The molecule has 0 saturated heterocycles. The number of rotatable bonds is 5. The molecule has 1 aromatic rings. The number of thioether (sulfide) groups is 1. The van der Waals surface area contributed by atoms with E-state index in [2.05, 4.69) is 30.4 Å². The van der Waals surface area contributed by atoms with Gasteiger partial charge in [0.1, 0.15) is 0 Å². The van der Waals surface area contributed by atoms with Crippen LogP contribution < -0.4 is 5.32 Å². The largest absolute Gasteiger partial charge is 0.319 e. The molecular weight excluding hydrogens is 238 g/mol. The van der Waals surface area contributed by atoms with Crippen molar-refractivity contribution in [2.24, 2.45) is 0 Å². The lowest BCUT2D eigenvalue weighted by atomic mass is 9.96. The summed E-state index contributed by atoms with van der Waals surface area (Å²) in [5.74, 6) is 1.07. The fourth-order valence-corrected chi connectivity index (χ4v) is 3.18. The van der Waals surface area contributed by atoms with Crippen LogP contribution in [-0.2, 0) is 5.41 Å². The number of nitrogens with one attached hydrogen (secondary N) is 1. The first-order valence-corrected chi connectivity index (χ1v) is 7.15. The van der Waals surface area contributed by atoms with Crippen LogP contribution in [0.1, 0.15) is 25.3 Å². The van der Waals surface area contributed by atoms with Crippen LogP contribution in [0.5, 0.6) is 0 Å². The smallest absolute Gasteiger partial charge is 0.0544 e. The average Bonchev–Trinajstić information content (AvgIpc) is 3.03. The second kappa shape index (κ2) is 4.99. The Kier molecular flexibility index (Phi) is 3.83. The van der Waals surface area contributed by atoms with E-state index >= 15 is 0 Å². The fourth-order valence-electron chi connectivity index (χ4n) is 2.16. The predicted octanol–water partition coefficient (Wildman–Crippen LogP) is 3.70. The Morgan fingerprint density at radius 3 is 2.69 bits per heavy atom. The molecule has 1 nitrogen and oxygen atoms in total. The van der Waals surface area contributed by atoms with Gasteiger partial charge in [-0.1, -0.05) is 24.6 Å². The van der Waals surface area contributed by atoms with Crippen LogP contribution in [0, 0.1) is 0 Å². The van der Waals surface area contributed by atoms with Gasteiger partial charge in [0, 0.05) is 16.9 Å². The average molecular weight is 256 g/mol. The predicted molar refractivity (Wildman–Crippen MR) is 72.7 cm³/mol. The fraction of sp³-hybridized carbons (Fsp3) is 0.538. The topological polar surface area (TPSA) is 12.0 Å². The van der Waals surface area contributed by atoms with Gasteiger partial charge in [0.05, 0.1) is 5.02 Å². The van der Waals surface area contributed by atoms with E-state index in [1.165, 1.54) is 23.3 Å². The van der Waals surface area contributed by atoms with Crippen molar-refractivity contribution in [3.05, 3.63) is 28.8 Å². The Morgan fingerprint density at radius 2 is 2.19 bits per heavy atom. The van der Waals surface area contributed by atoms with Gasteiger partial charge in [0.25, 0.3) is 0 Å². The molecule has 0 heterocycles. The molecule has 1 aliphatic carbocycles. The van der Waals surface area contributed by atoms with Crippen molar-refractivity contribution in [2.45, 2.75) is 30.1 Å². The van der Waals surface area contributed by atoms with E-state index in [1.807, 2.05) is 18.8 Å². The summed E-state index contributed by atoms with van der Waals surface area (Å²) in [5, 5.41) is 4.19. The molecule has 0 bridgehead atoms. The van der Waals surface area contributed by atoms with E-state index in [4.69, 9.17) is 11.6 Å². The lowest BCUT2D eigenvalue weighted by Crippen LogP contribution is -2.23. The van der Waals surface area contributed by atoms with Crippen LogP contribution in [-0.4, -0.2) is 19.3 Å². The Labute approximate surface area is 107 Å². The van der Waals surface area contributed by atoms with Gasteiger partial charge in [-0.25, -0.2) is 0 Å². The first kappa shape index (κ1) is 12.3. The van der Waals surface area contributed by atoms with Crippen LogP contribution >= 0.6 is 23.4 Å². The Bertz CT molecular complexity index is 374. The zero-order chi connectivity index (χ0) is 11.6. The van der Waals surface area contributed by atoms with Crippen molar-refractivity contribution in [2.75, 3.05) is 19.3 Å². The van der Waals surface area contributed by atoms with Gasteiger partial charge in [-0.15, -0.1) is 11.8 Å². The lowest BCUT2D eigenvalue weighted by Gasteiger charge is -2.16. The standard InChI is InChI=1S/C13H18ClNS/c1-3-16-12-5-4-10(8-11(12)14)13(6-7-13)9-15-2/h4-5,8,15H,3,6-7,9H2,1-2H3. The molecule has 0 aliphatic heterocycles. The van der Waals surface area contributed by atoms with Gasteiger partial charge >= 0.3 is 0 Å². The first-order chi connectivity index (χ1) is 7.72. The van der Waals surface area contributed by atoms with Gasteiger partial charge in [0.15, 0.2) is 0 Å². The molecule has 1 aliphatic rings. The lowest BCUT2D eigenvalue weighted by molar-refractivity contribution is 0.624. The Hall–Kier alpha value is -0.180. The van der Waals surface area contributed by atoms with E-state index in [-0.39, 0.29) is 0 Å². The van der Waals surface area contributed by atoms with E-state index in [0.717, 1.165) is 17.3 Å². The number of halogens is 1. The van der Waals surface area contributed by atoms with Crippen LogP contribution in [0.4, 0.5) is 0 Å². The van der Waals surface area contributed by atoms with Crippen molar-refractivity contribution in [3.63, 3.8) is 0 Å². The highest BCUT2D eigenvalue weighted by Crippen LogP contribution is 2.48. The minimum atomic E-state index is 0.369. The van der Waals surface area contributed by atoms with Gasteiger partial charge in [-0.05, 0) is 43.3 Å². The Balaban J connectivity index is 2.21. The van der Waals surface area contributed by atoms with Gasteiger partial charge in [-0.2, -0.15) is 0 Å². The molecule has 0 spiro atoms. The van der Waals surface area contributed by atoms with E-state index in [0.29, 0.717) is 5.41 Å². The third-order valence-corrected chi connectivity index (χ3v) is 4.59. The van der Waals surface area contributed by atoms with E-state index in [9.17, 15) is 0 Å². The number of hydrogen-bond acceptors (Lipinski definition) is 2. The summed E-state index contributed by atoms with van der Waals surface area (Å²) < 4.78 is 0. The van der Waals surface area contributed by atoms with Crippen LogP contribution in [0.25, 0.3) is 0 Å². The van der Waals surface area contributed by atoms with Crippen LogP contribution in [0.15, 0.2) is 23.1 Å². The highest BCUT2D eigenvalue weighted by Gasteiger charge is 2.43. The first-order valence-electron chi connectivity index (χ1n) is 5.79. The summed E-state index contributed by atoms with van der Waals surface area (Å²) in [5.41, 5.74) is 1.76. The maximum atomic E-state index is 6.30.